The largest absolute Gasteiger partial charge is 0.493 e. The molecular weight excluding hydrogens is 282 g/mol. The number of fused-ring (bicyclic) bond motifs is 1. The second-order valence-electron chi connectivity index (χ2n) is 5.35. The Hall–Kier alpha value is -1.46. The molecule has 3 rings (SSSR count). The molecule has 1 aliphatic rings. The Labute approximate surface area is 129 Å². The van der Waals surface area contributed by atoms with Gasteiger partial charge in [0.2, 0.25) is 0 Å². The SMILES string of the molecule is CCCNCCc1nnc(C2COc3ccccc3C2)s1. The number of rotatable bonds is 6. The lowest BCUT2D eigenvalue weighted by Gasteiger charge is -2.23. The van der Waals surface area contributed by atoms with Crippen LogP contribution >= 0.6 is 11.3 Å². The third-order valence-electron chi connectivity index (χ3n) is 3.65. The highest BCUT2D eigenvalue weighted by molar-refractivity contribution is 7.11. The van der Waals surface area contributed by atoms with Crippen molar-refractivity contribution >= 4 is 11.3 Å². The molecule has 1 N–H and O–H groups in total. The second kappa shape index (κ2) is 7.00. The summed E-state index contributed by atoms with van der Waals surface area (Å²) in [6.07, 6.45) is 3.13. The molecule has 1 aromatic heterocycles. The van der Waals surface area contributed by atoms with Crippen molar-refractivity contribution in [3.8, 4) is 5.75 Å². The van der Waals surface area contributed by atoms with Crippen molar-refractivity contribution in [3.63, 3.8) is 0 Å². The Morgan fingerprint density at radius 3 is 3.10 bits per heavy atom. The Kier molecular flexibility index (Phi) is 4.83. The van der Waals surface area contributed by atoms with E-state index in [1.165, 1.54) is 12.0 Å². The van der Waals surface area contributed by atoms with Gasteiger partial charge in [0.25, 0.3) is 0 Å². The average molecular weight is 303 g/mol. The zero-order valence-electron chi connectivity index (χ0n) is 12.3. The summed E-state index contributed by atoms with van der Waals surface area (Å²) in [7, 11) is 0. The van der Waals surface area contributed by atoms with Crippen LogP contribution in [-0.2, 0) is 12.8 Å². The highest BCUT2D eigenvalue weighted by atomic mass is 32.1. The first kappa shape index (κ1) is 14.5. The summed E-state index contributed by atoms with van der Waals surface area (Å²) < 4.78 is 5.84. The monoisotopic (exact) mass is 303 g/mol. The molecule has 0 spiro atoms. The first-order valence-corrected chi connectivity index (χ1v) is 8.42. The molecule has 0 saturated carbocycles. The molecular formula is C16H21N3OS. The quantitative estimate of drug-likeness (QED) is 0.834. The maximum Gasteiger partial charge on any atom is 0.124 e. The Bertz CT molecular complexity index is 584. The van der Waals surface area contributed by atoms with E-state index in [-0.39, 0.29) is 0 Å². The highest BCUT2D eigenvalue weighted by Gasteiger charge is 2.24. The number of para-hydroxylation sites is 1. The van der Waals surface area contributed by atoms with Gasteiger partial charge in [-0.1, -0.05) is 25.1 Å². The predicted octanol–water partition coefficient (Wildman–Crippen LogP) is 2.80. The number of ether oxygens (including phenoxy) is 1. The molecule has 1 unspecified atom stereocenters. The molecule has 0 fully saturated rings. The molecule has 112 valence electrons. The van der Waals surface area contributed by atoms with Gasteiger partial charge < -0.3 is 10.1 Å². The van der Waals surface area contributed by atoms with Crippen molar-refractivity contribution in [2.45, 2.75) is 32.1 Å². The predicted molar refractivity (Wildman–Crippen MR) is 85.2 cm³/mol. The summed E-state index contributed by atoms with van der Waals surface area (Å²) >= 11 is 1.73. The molecule has 2 heterocycles. The second-order valence-corrected chi connectivity index (χ2v) is 6.45. The van der Waals surface area contributed by atoms with Crippen molar-refractivity contribution in [1.82, 2.24) is 15.5 Å². The summed E-state index contributed by atoms with van der Waals surface area (Å²) in [5, 5.41) is 14.3. The molecule has 0 saturated heterocycles. The zero-order chi connectivity index (χ0) is 14.5. The van der Waals surface area contributed by atoms with Gasteiger partial charge in [-0.15, -0.1) is 21.5 Å². The van der Waals surface area contributed by atoms with E-state index in [1.807, 2.05) is 12.1 Å². The molecule has 1 atom stereocenters. The molecule has 5 heteroatoms. The fourth-order valence-corrected chi connectivity index (χ4v) is 3.44. The lowest BCUT2D eigenvalue weighted by atomic mass is 9.97. The van der Waals surface area contributed by atoms with Crippen molar-refractivity contribution in [3.05, 3.63) is 39.8 Å². The summed E-state index contributed by atoms with van der Waals surface area (Å²) in [4.78, 5) is 0. The molecule has 1 aromatic carbocycles. The standard InChI is InChI=1S/C16H21N3OS/c1-2-8-17-9-7-15-18-19-16(21-15)13-10-12-5-3-4-6-14(12)20-11-13/h3-6,13,17H,2,7-11H2,1H3. The fourth-order valence-electron chi connectivity index (χ4n) is 2.52. The smallest absolute Gasteiger partial charge is 0.124 e. The summed E-state index contributed by atoms with van der Waals surface area (Å²) in [6, 6.07) is 8.26. The molecule has 0 amide bonds. The Morgan fingerprint density at radius 2 is 2.19 bits per heavy atom. The minimum absolute atomic E-state index is 0.342. The van der Waals surface area contributed by atoms with Gasteiger partial charge in [0, 0.05) is 13.0 Å². The van der Waals surface area contributed by atoms with Gasteiger partial charge in [0.05, 0.1) is 12.5 Å². The molecule has 0 aliphatic carbocycles. The zero-order valence-corrected chi connectivity index (χ0v) is 13.2. The van der Waals surface area contributed by atoms with Crippen molar-refractivity contribution in [1.29, 1.82) is 0 Å². The molecule has 0 radical (unpaired) electrons. The van der Waals surface area contributed by atoms with Crippen molar-refractivity contribution in [2.75, 3.05) is 19.7 Å². The molecule has 21 heavy (non-hydrogen) atoms. The van der Waals surface area contributed by atoms with Crippen molar-refractivity contribution < 1.29 is 4.74 Å². The molecule has 1 aliphatic heterocycles. The number of hydrogen-bond donors (Lipinski definition) is 1. The van der Waals surface area contributed by atoms with Crippen LogP contribution in [0.5, 0.6) is 5.75 Å². The number of hydrogen-bond acceptors (Lipinski definition) is 5. The van der Waals surface area contributed by atoms with E-state index in [1.54, 1.807) is 11.3 Å². The molecule has 4 nitrogen and oxygen atoms in total. The summed E-state index contributed by atoms with van der Waals surface area (Å²) in [5.41, 5.74) is 1.27. The van der Waals surface area contributed by atoms with Crippen LogP contribution in [0.25, 0.3) is 0 Å². The van der Waals surface area contributed by atoms with E-state index in [9.17, 15) is 0 Å². The summed E-state index contributed by atoms with van der Waals surface area (Å²) in [6.45, 7) is 4.93. The number of aromatic nitrogens is 2. The van der Waals surface area contributed by atoms with Gasteiger partial charge in [-0.3, -0.25) is 0 Å². The van der Waals surface area contributed by atoms with E-state index in [4.69, 9.17) is 4.74 Å². The molecule has 2 aromatic rings. The van der Waals surface area contributed by atoms with Crippen LogP contribution in [0, 0.1) is 0 Å². The fraction of sp³-hybridized carbons (Fsp3) is 0.500. The minimum Gasteiger partial charge on any atom is -0.493 e. The minimum atomic E-state index is 0.342. The Balaban J connectivity index is 1.59. The third kappa shape index (κ3) is 3.60. The van der Waals surface area contributed by atoms with Crippen LogP contribution < -0.4 is 10.1 Å². The average Bonchev–Trinajstić information content (AvgIpc) is 3.00. The third-order valence-corrected chi connectivity index (χ3v) is 4.80. The van der Waals surface area contributed by atoms with E-state index in [2.05, 4.69) is 34.6 Å². The highest BCUT2D eigenvalue weighted by Crippen LogP contribution is 2.33. The van der Waals surface area contributed by atoms with Crippen LogP contribution in [0.1, 0.15) is 34.8 Å². The summed E-state index contributed by atoms with van der Waals surface area (Å²) in [5.74, 6) is 1.36. The van der Waals surface area contributed by atoms with Crippen LogP contribution in [0.4, 0.5) is 0 Å². The van der Waals surface area contributed by atoms with Gasteiger partial charge in [0.1, 0.15) is 15.8 Å². The lowest BCUT2D eigenvalue weighted by Crippen LogP contribution is -2.18. The topological polar surface area (TPSA) is 47.0 Å². The number of nitrogens with one attached hydrogen (secondary N) is 1. The Morgan fingerprint density at radius 1 is 1.29 bits per heavy atom. The van der Waals surface area contributed by atoms with Crippen LogP contribution in [0.15, 0.2) is 24.3 Å². The molecule has 0 bridgehead atoms. The normalized spacial score (nSPS) is 17.3. The van der Waals surface area contributed by atoms with Gasteiger partial charge in [-0.25, -0.2) is 0 Å². The van der Waals surface area contributed by atoms with Crippen LogP contribution in [0.3, 0.4) is 0 Å². The van der Waals surface area contributed by atoms with Gasteiger partial charge >= 0.3 is 0 Å². The lowest BCUT2D eigenvalue weighted by molar-refractivity contribution is 0.262. The van der Waals surface area contributed by atoms with Gasteiger partial charge in [-0.05, 0) is 31.0 Å². The maximum absolute atomic E-state index is 5.84. The number of nitrogens with zero attached hydrogens (tertiary/aromatic N) is 2. The van der Waals surface area contributed by atoms with E-state index in [0.717, 1.165) is 41.7 Å². The maximum atomic E-state index is 5.84. The van der Waals surface area contributed by atoms with E-state index in [0.29, 0.717) is 12.5 Å². The first-order valence-electron chi connectivity index (χ1n) is 7.60. The number of benzene rings is 1. The van der Waals surface area contributed by atoms with Gasteiger partial charge in [-0.2, -0.15) is 0 Å². The van der Waals surface area contributed by atoms with Crippen LogP contribution in [0.2, 0.25) is 0 Å². The first-order chi connectivity index (χ1) is 10.4. The van der Waals surface area contributed by atoms with Gasteiger partial charge in [0.15, 0.2) is 0 Å². The van der Waals surface area contributed by atoms with E-state index < -0.39 is 0 Å². The van der Waals surface area contributed by atoms with Crippen molar-refractivity contribution in [2.24, 2.45) is 0 Å². The van der Waals surface area contributed by atoms with E-state index >= 15 is 0 Å². The van der Waals surface area contributed by atoms with Crippen LogP contribution in [-0.4, -0.2) is 29.9 Å².